The van der Waals surface area contributed by atoms with Crippen LogP contribution in [0.15, 0.2) is 24.5 Å². The summed E-state index contributed by atoms with van der Waals surface area (Å²) in [4.78, 5) is 0. The van der Waals surface area contributed by atoms with Crippen LogP contribution >= 0.6 is 0 Å². The predicted octanol–water partition coefficient (Wildman–Crippen LogP) is 3.43. The van der Waals surface area contributed by atoms with E-state index in [9.17, 15) is 0 Å². The Balaban J connectivity index is 2.17. The Hall–Kier alpha value is -0.720. The Labute approximate surface area is 75.1 Å². The van der Waals surface area contributed by atoms with E-state index >= 15 is 0 Å². The van der Waals surface area contributed by atoms with Gasteiger partial charge in [-0.15, -0.1) is 0 Å². The molecule has 1 fully saturated rings. The van der Waals surface area contributed by atoms with Gasteiger partial charge in [-0.3, -0.25) is 0 Å². The SMILES string of the molecule is C=C(C)/C=C/OC1CCCCC1. The molecule has 0 heterocycles. The number of hydrogen-bond donors (Lipinski definition) is 0. The highest BCUT2D eigenvalue weighted by Crippen LogP contribution is 2.20. The van der Waals surface area contributed by atoms with Crippen LogP contribution in [0.25, 0.3) is 0 Å². The third-order valence-corrected chi connectivity index (χ3v) is 2.18. The first-order valence-corrected chi connectivity index (χ1v) is 4.76. The molecule has 0 bridgehead atoms. The second-order valence-electron chi connectivity index (χ2n) is 3.55. The highest BCUT2D eigenvalue weighted by atomic mass is 16.5. The zero-order valence-corrected chi connectivity index (χ0v) is 7.88. The Bertz CT molecular complexity index is 164. The Morgan fingerprint density at radius 1 is 1.33 bits per heavy atom. The molecule has 1 nitrogen and oxygen atoms in total. The van der Waals surface area contributed by atoms with Crippen molar-refractivity contribution in [3.8, 4) is 0 Å². The van der Waals surface area contributed by atoms with Gasteiger partial charge in [-0.25, -0.2) is 0 Å². The summed E-state index contributed by atoms with van der Waals surface area (Å²) < 4.78 is 5.55. The van der Waals surface area contributed by atoms with E-state index in [1.807, 2.05) is 13.0 Å². The number of hydrogen-bond acceptors (Lipinski definition) is 1. The normalized spacial score (nSPS) is 19.8. The summed E-state index contributed by atoms with van der Waals surface area (Å²) in [5.41, 5.74) is 1.05. The molecule has 1 aliphatic carbocycles. The van der Waals surface area contributed by atoms with E-state index in [0.717, 1.165) is 5.57 Å². The minimum atomic E-state index is 0.467. The van der Waals surface area contributed by atoms with Crippen LogP contribution in [0.4, 0.5) is 0 Å². The van der Waals surface area contributed by atoms with Gasteiger partial charge in [0.2, 0.25) is 0 Å². The van der Waals surface area contributed by atoms with Crippen molar-refractivity contribution >= 4 is 0 Å². The Morgan fingerprint density at radius 3 is 2.58 bits per heavy atom. The smallest absolute Gasteiger partial charge is 0.0978 e. The van der Waals surface area contributed by atoms with Gasteiger partial charge in [0.05, 0.1) is 12.4 Å². The predicted molar refractivity (Wildman–Crippen MR) is 51.9 cm³/mol. The third-order valence-electron chi connectivity index (χ3n) is 2.18. The fourth-order valence-electron chi connectivity index (χ4n) is 1.47. The maximum absolute atomic E-state index is 5.55. The van der Waals surface area contributed by atoms with Gasteiger partial charge < -0.3 is 4.74 Å². The van der Waals surface area contributed by atoms with Crippen molar-refractivity contribution in [1.82, 2.24) is 0 Å². The van der Waals surface area contributed by atoms with Gasteiger partial charge in [0.15, 0.2) is 0 Å². The van der Waals surface area contributed by atoms with Crippen molar-refractivity contribution in [2.45, 2.75) is 45.1 Å². The minimum absolute atomic E-state index is 0.467. The lowest BCUT2D eigenvalue weighted by Gasteiger charge is -2.20. The van der Waals surface area contributed by atoms with E-state index < -0.39 is 0 Å². The molecule has 68 valence electrons. The fraction of sp³-hybridized carbons (Fsp3) is 0.636. The molecule has 0 N–H and O–H groups in total. The van der Waals surface area contributed by atoms with Crippen LogP contribution < -0.4 is 0 Å². The largest absolute Gasteiger partial charge is 0.498 e. The summed E-state index contributed by atoms with van der Waals surface area (Å²) >= 11 is 0. The quantitative estimate of drug-likeness (QED) is 0.461. The molecule has 0 aromatic heterocycles. The van der Waals surface area contributed by atoms with Crippen molar-refractivity contribution in [1.29, 1.82) is 0 Å². The van der Waals surface area contributed by atoms with E-state index in [1.165, 1.54) is 32.1 Å². The van der Waals surface area contributed by atoms with Gasteiger partial charge in [0.1, 0.15) is 0 Å². The molecule has 1 saturated carbocycles. The standard InChI is InChI=1S/C11H18O/c1-10(2)8-9-12-11-6-4-3-5-7-11/h8-9,11H,1,3-7H2,2H3/b9-8+. The van der Waals surface area contributed by atoms with E-state index in [4.69, 9.17) is 4.74 Å². The first-order chi connectivity index (χ1) is 5.79. The molecule has 0 aromatic rings. The van der Waals surface area contributed by atoms with Crippen LogP contribution in [0.1, 0.15) is 39.0 Å². The zero-order valence-electron chi connectivity index (χ0n) is 7.88. The number of rotatable bonds is 3. The lowest BCUT2D eigenvalue weighted by Crippen LogP contribution is -2.13. The Kier molecular flexibility index (Phi) is 3.92. The third kappa shape index (κ3) is 3.61. The maximum atomic E-state index is 5.55. The molecule has 0 atom stereocenters. The lowest BCUT2D eigenvalue weighted by atomic mass is 9.98. The molecule has 1 rings (SSSR count). The van der Waals surface area contributed by atoms with E-state index in [0.29, 0.717) is 6.10 Å². The molecule has 0 aliphatic heterocycles. The highest BCUT2D eigenvalue weighted by Gasteiger charge is 2.12. The van der Waals surface area contributed by atoms with Gasteiger partial charge in [-0.1, -0.05) is 18.6 Å². The number of allylic oxidation sites excluding steroid dienone is 2. The second-order valence-corrected chi connectivity index (χ2v) is 3.55. The lowest BCUT2D eigenvalue weighted by molar-refractivity contribution is 0.106. The summed E-state index contributed by atoms with van der Waals surface area (Å²) in [5, 5.41) is 0. The molecule has 0 unspecified atom stereocenters. The topological polar surface area (TPSA) is 9.23 Å². The summed E-state index contributed by atoms with van der Waals surface area (Å²) in [7, 11) is 0. The molecule has 0 saturated heterocycles. The van der Waals surface area contributed by atoms with Crippen LogP contribution in [0.3, 0.4) is 0 Å². The van der Waals surface area contributed by atoms with Crippen LogP contribution in [0.2, 0.25) is 0 Å². The van der Waals surface area contributed by atoms with Crippen LogP contribution in [-0.4, -0.2) is 6.10 Å². The van der Waals surface area contributed by atoms with Crippen molar-refractivity contribution in [2.75, 3.05) is 0 Å². The number of ether oxygens (including phenoxy) is 1. The summed E-state index contributed by atoms with van der Waals surface area (Å²) in [6.07, 6.45) is 10.7. The van der Waals surface area contributed by atoms with Crippen LogP contribution in [-0.2, 0) is 4.74 Å². The first kappa shape index (κ1) is 9.37. The summed E-state index contributed by atoms with van der Waals surface area (Å²) in [5.74, 6) is 0. The van der Waals surface area contributed by atoms with E-state index in [-0.39, 0.29) is 0 Å². The average molecular weight is 166 g/mol. The fourth-order valence-corrected chi connectivity index (χ4v) is 1.47. The zero-order chi connectivity index (χ0) is 8.81. The Morgan fingerprint density at radius 2 is 2.00 bits per heavy atom. The van der Waals surface area contributed by atoms with Crippen LogP contribution in [0.5, 0.6) is 0 Å². The van der Waals surface area contributed by atoms with Crippen molar-refractivity contribution in [2.24, 2.45) is 0 Å². The molecular formula is C11H18O. The molecule has 0 radical (unpaired) electrons. The maximum Gasteiger partial charge on any atom is 0.0978 e. The second kappa shape index (κ2) is 5.02. The molecule has 1 aliphatic rings. The minimum Gasteiger partial charge on any atom is -0.498 e. The molecule has 0 amide bonds. The van der Waals surface area contributed by atoms with Crippen molar-refractivity contribution < 1.29 is 4.74 Å². The first-order valence-electron chi connectivity index (χ1n) is 4.76. The van der Waals surface area contributed by atoms with Crippen LogP contribution in [0, 0.1) is 0 Å². The van der Waals surface area contributed by atoms with Crippen molar-refractivity contribution in [3.63, 3.8) is 0 Å². The molecule has 0 spiro atoms. The van der Waals surface area contributed by atoms with Gasteiger partial charge in [0, 0.05) is 0 Å². The molecular weight excluding hydrogens is 148 g/mol. The van der Waals surface area contributed by atoms with Gasteiger partial charge >= 0.3 is 0 Å². The highest BCUT2D eigenvalue weighted by molar-refractivity contribution is 5.08. The van der Waals surface area contributed by atoms with Gasteiger partial charge in [0.25, 0.3) is 0 Å². The molecule has 12 heavy (non-hydrogen) atoms. The van der Waals surface area contributed by atoms with Gasteiger partial charge in [-0.2, -0.15) is 0 Å². The summed E-state index contributed by atoms with van der Waals surface area (Å²) in [6, 6.07) is 0. The van der Waals surface area contributed by atoms with E-state index in [1.54, 1.807) is 6.26 Å². The van der Waals surface area contributed by atoms with Crippen molar-refractivity contribution in [3.05, 3.63) is 24.5 Å². The van der Waals surface area contributed by atoms with E-state index in [2.05, 4.69) is 6.58 Å². The average Bonchev–Trinajstić information content (AvgIpc) is 2.05. The molecule has 0 aromatic carbocycles. The van der Waals surface area contributed by atoms with Gasteiger partial charge in [-0.05, 0) is 38.7 Å². The summed E-state index contributed by atoms with van der Waals surface area (Å²) in [6.45, 7) is 5.74. The molecule has 1 heteroatoms. The monoisotopic (exact) mass is 166 g/mol.